The maximum atomic E-state index is 13.6. The summed E-state index contributed by atoms with van der Waals surface area (Å²) in [7, 11) is 3.30. The number of rotatable bonds is 10. The molecule has 1 saturated carbocycles. The number of nitrogens with zero attached hydrogens (tertiary/aromatic N) is 1. The zero-order valence-corrected chi connectivity index (χ0v) is 24.8. The summed E-state index contributed by atoms with van der Waals surface area (Å²) >= 11 is 6.82. The Morgan fingerprint density at radius 1 is 1.18 bits per heavy atom. The third-order valence-corrected chi connectivity index (χ3v) is 9.19. The number of benzene rings is 2. The van der Waals surface area contributed by atoms with Gasteiger partial charge in [-0.15, -0.1) is 0 Å². The highest BCUT2D eigenvalue weighted by atomic mass is 35.5. The van der Waals surface area contributed by atoms with Crippen LogP contribution in [0.3, 0.4) is 0 Å². The molecular formula is C32H44ClN3O4. The van der Waals surface area contributed by atoms with E-state index in [1.165, 1.54) is 12.7 Å². The number of carbonyl (C=O) groups is 2. The van der Waals surface area contributed by atoms with Crippen LogP contribution in [0.4, 0.5) is 4.79 Å². The smallest absolute Gasteiger partial charge is 0.406 e. The molecule has 1 heterocycles. The molecule has 2 fully saturated rings. The predicted octanol–water partition coefficient (Wildman–Crippen LogP) is 5.19. The SMILES string of the molecule is CNC1CCC(C(=O)N2CCCC(C(O)(CCCNC(=O)OC)c3cccc(Cl)c3Cc3cccc(C)c3)C2)C1. The largest absolute Gasteiger partial charge is 0.453 e. The quantitative estimate of drug-likeness (QED) is 0.343. The number of hydrogen-bond acceptors (Lipinski definition) is 5. The second-order valence-electron chi connectivity index (χ2n) is 11.5. The molecule has 2 amide bonds. The predicted molar refractivity (Wildman–Crippen MR) is 158 cm³/mol. The van der Waals surface area contributed by atoms with Crippen molar-refractivity contribution in [2.75, 3.05) is 33.8 Å². The van der Waals surface area contributed by atoms with Crippen molar-refractivity contribution in [3.8, 4) is 0 Å². The van der Waals surface area contributed by atoms with E-state index in [0.29, 0.717) is 43.4 Å². The fourth-order valence-electron chi connectivity index (χ4n) is 6.64. The van der Waals surface area contributed by atoms with E-state index in [-0.39, 0.29) is 17.7 Å². The van der Waals surface area contributed by atoms with Crippen LogP contribution in [0.2, 0.25) is 5.02 Å². The van der Waals surface area contributed by atoms with Crippen molar-refractivity contribution in [1.29, 1.82) is 0 Å². The Balaban J connectivity index is 1.63. The number of carbonyl (C=O) groups excluding carboxylic acids is 2. The van der Waals surface area contributed by atoms with Crippen molar-refractivity contribution in [3.05, 3.63) is 69.7 Å². The van der Waals surface area contributed by atoms with Gasteiger partial charge in [-0.05, 0) is 88.1 Å². The van der Waals surface area contributed by atoms with Crippen molar-refractivity contribution in [3.63, 3.8) is 0 Å². The Bertz CT molecular complexity index is 1170. The molecule has 1 aliphatic carbocycles. The summed E-state index contributed by atoms with van der Waals surface area (Å²) in [6.07, 6.45) is 5.54. The first-order valence-electron chi connectivity index (χ1n) is 14.6. The summed E-state index contributed by atoms with van der Waals surface area (Å²) in [4.78, 5) is 27.2. The summed E-state index contributed by atoms with van der Waals surface area (Å²) in [5.41, 5.74) is 2.81. The number of likely N-dealkylation sites (tertiary alicyclic amines) is 1. The van der Waals surface area contributed by atoms with E-state index in [1.807, 2.05) is 36.2 Å². The van der Waals surface area contributed by atoms with Crippen LogP contribution in [-0.4, -0.2) is 61.8 Å². The molecular weight excluding hydrogens is 526 g/mol. The molecule has 218 valence electrons. The van der Waals surface area contributed by atoms with Gasteiger partial charge in [0.2, 0.25) is 5.91 Å². The topological polar surface area (TPSA) is 90.9 Å². The van der Waals surface area contributed by atoms with Crippen LogP contribution in [0.1, 0.15) is 67.2 Å². The van der Waals surface area contributed by atoms with Crippen LogP contribution in [0, 0.1) is 18.8 Å². The number of halogens is 1. The van der Waals surface area contributed by atoms with Crippen molar-refractivity contribution in [1.82, 2.24) is 15.5 Å². The van der Waals surface area contributed by atoms with E-state index >= 15 is 0 Å². The first-order valence-corrected chi connectivity index (χ1v) is 15.0. The molecule has 2 aliphatic rings. The Morgan fingerprint density at radius 2 is 1.98 bits per heavy atom. The van der Waals surface area contributed by atoms with Gasteiger partial charge in [-0.2, -0.15) is 0 Å². The lowest BCUT2D eigenvalue weighted by atomic mass is 9.72. The van der Waals surface area contributed by atoms with Gasteiger partial charge in [0.05, 0.1) is 12.7 Å². The summed E-state index contributed by atoms with van der Waals surface area (Å²) in [5.74, 6) is 0.0967. The van der Waals surface area contributed by atoms with Gasteiger partial charge in [0.15, 0.2) is 0 Å². The highest BCUT2D eigenvalue weighted by molar-refractivity contribution is 6.31. The van der Waals surface area contributed by atoms with E-state index in [0.717, 1.165) is 55.3 Å². The molecule has 0 aromatic heterocycles. The lowest BCUT2D eigenvalue weighted by Gasteiger charge is -2.44. The molecule has 1 saturated heterocycles. The fourth-order valence-corrected chi connectivity index (χ4v) is 6.88. The highest BCUT2D eigenvalue weighted by Crippen LogP contribution is 2.43. The molecule has 2 aromatic rings. The minimum Gasteiger partial charge on any atom is -0.453 e. The van der Waals surface area contributed by atoms with E-state index in [2.05, 4.69) is 35.8 Å². The lowest BCUT2D eigenvalue weighted by Crippen LogP contribution is -2.50. The molecule has 3 N–H and O–H groups in total. The zero-order chi connectivity index (χ0) is 28.7. The van der Waals surface area contributed by atoms with Crippen LogP contribution < -0.4 is 10.6 Å². The highest BCUT2D eigenvalue weighted by Gasteiger charge is 2.44. The molecule has 0 radical (unpaired) electrons. The van der Waals surface area contributed by atoms with Gasteiger partial charge in [-0.25, -0.2) is 4.79 Å². The standard InChI is InChI=1S/C32H44ClN3O4/c1-22-8-4-9-23(18-22)19-27-28(11-5-12-29(27)33)32(39,15-7-16-35-31(38)40-3)25-10-6-17-36(21-25)30(37)24-13-14-26(20-24)34-2/h4-5,8-9,11-12,18,24-26,34,39H,6-7,10,13-17,19-21H2,1-3H3,(H,35,38). The third kappa shape index (κ3) is 7.17. The Kier molecular flexibility index (Phi) is 10.5. The fraction of sp³-hybridized carbons (Fsp3) is 0.562. The van der Waals surface area contributed by atoms with Crippen LogP contribution in [0.5, 0.6) is 0 Å². The van der Waals surface area contributed by atoms with Crippen molar-refractivity contribution in [2.45, 2.75) is 69.9 Å². The van der Waals surface area contributed by atoms with Gasteiger partial charge in [0, 0.05) is 42.5 Å². The van der Waals surface area contributed by atoms with Gasteiger partial charge in [-0.3, -0.25) is 4.79 Å². The normalized spacial score (nSPS) is 22.5. The van der Waals surface area contributed by atoms with Gasteiger partial charge in [0.25, 0.3) is 0 Å². The molecule has 1 aliphatic heterocycles. The Morgan fingerprint density at radius 3 is 2.70 bits per heavy atom. The average Bonchev–Trinajstić information content (AvgIpc) is 3.45. The number of hydrogen-bond donors (Lipinski definition) is 3. The number of methoxy groups -OCH3 is 1. The summed E-state index contributed by atoms with van der Waals surface area (Å²) < 4.78 is 4.72. The molecule has 4 rings (SSSR count). The molecule has 2 aromatic carbocycles. The zero-order valence-electron chi connectivity index (χ0n) is 24.0. The number of nitrogens with one attached hydrogen (secondary N) is 2. The minimum atomic E-state index is -1.22. The minimum absolute atomic E-state index is 0.0385. The maximum Gasteiger partial charge on any atom is 0.406 e. The summed E-state index contributed by atoms with van der Waals surface area (Å²) in [6.45, 7) is 3.68. The second kappa shape index (κ2) is 13.8. The number of alkyl carbamates (subject to hydrolysis) is 1. The van der Waals surface area contributed by atoms with E-state index in [9.17, 15) is 14.7 Å². The molecule has 8 heteroatoms. The van der Waals surface area contributed by atoms with Crippen LogP contribution in [-0.2, 0) is 21.6 Å². The third-order valence-electron chi connectivity index (χ3n) is 8.84. The molecule has 0 bridgehead atoms. The van der Waals surface area contributed by atoms with Crippen molar-refractivity contribution < 1.29 is 19.4 Å². The first-order chi connectivity index (χ1) is 19.2. The van der Waals surface area contributed by atoms with E-state index in [4.69, 9.17) is 16.3 Å². The molecule has 4 atom stereocenters. The van der Waals surface area contributed by atoms with Crippen LogP contribution in [0.15, 0.2) is 42.5 Å². The molecule has 7 nitrogen and oxygen atoms in total. The molecule has 4 unspecified atom stereocenters. The number of amides is 2. The first kappa shape index (κ1) is 30.4. The van der Waals surface area contributed by atoms with E-state index in [1.54, 1.807) is 0 Å². The Hall–Kier alpha value is -2.61. The van der Waals surface area contributed by atoms with Gasteiger partial charge < -0.3 is 25.4 Å². The van der Waals surface area contributed by atoms with Crippen LogP contribution >= 0.6 is 11.6 Å². The van der Waals surface area contributed by atoms with Gasteiger partial charge in [-0.1, -0.05) is 53.6 Å². The average molecular weight is 570 g/mol. The number of aryl methyl sites for hydroxylation is 1. The number of piperidine rings is 1. The number of aliphatic hydroxyl groups is 1. The number of ether oxygens (including phenoxy) is 1. The molecule has 40 heavy (non-hydrogen) atoms. The van der Waals surface area contributed by atoms with Gasteiger partial charge >= 0.3 is 6.09 Å². The van der Waals surface area contributed by atoms with E-state index < -0.39 is 11.7 Å². The Labute approximate surface area is 243 Å². The lowest BCUT2D eigenvalue weighted by molar-refractivity contribution is -0.141. The van der Waals surface area contributed by atoms with Gasteiger partial charge in [0.1, 0.15) is 0 Å². The summed E-state index contributed by atoms with van der Waals surface area (Å²) in [5, 5.41) is 19.3. The van der Waals surface area contributed by atoms with Crippen molar-refractivity contribution >= 4 is 23.6 Å². The maximum absolute atomic E-state index is 13.6. The monoisotopic (exact) mass is 569 g/mol. The second-order valence-corrected chi connectivity index (χ2v) is 11.9. The van der Waals surface area contributed by atoms with Crippen LogP contribution in [0.25, 0.3) is 0 Å². The molecule has 0 spiro atoms. The van der Waals surface area contributed by atoms with Crippen molar-refractivity contribution in [2.24, 2.45) is 11.8 Å². The summed E-state index contributed by atoms with van der Waals surface area (Å²) in [6, 6.07) is 14.5.